The molecule has 0 fully saturated rings. The van der Waals surface area contributed by atoms with Gasteiger partial charge in [-0.05, 0) is 49.3 Å². The highest BCUT2D eigenvalue weighted by atomic mass is 127. The molecule has 0 bridgehead atoms. The van der Waals surface area contributed by atoms with Gasteiger partial charge in [-0.1, -0.05) is 36.4 Å². The molecule has 1 amide bonds. The third-order valence-corrected chi connectivity index (χ3v) is 4.46. The van der Waals surface area contributed by atoms with Crippen molar-refractivity contribution in [3.63, 3.8) is 0 Å². The highest BCUT2D eigenvalue weighted by molar-refractivity contribution is 14.0. The number of hydrogen-bond acceptors (Lipinski definition) is 3. The minimum absolute atomic E-state index is 0. The van der Waals surface area contributed by atoms with Gasteiger partial charge in [0.2, 0.25) is 0 Å². The quantitative estimate of drug-likeness (QED) is 0.318. The molecule has 0 aliphatic heterocycles. The van der Waals surface area contributed by atoms with Crippen molar-refractivity contribution in [3.05, 3.63) is 70.8 Å². The van der Waals surface area contributed by atoms with E-state index in [0.29, 0.717) is 12.1 Å². The van der Waals surface area contributed by atoms with Crippen molar-refractivity contribution in [2.75, 3.05) is 41.8 Å². The normalized spacial score (nSPS) is 11.1. The number of guanidine groups is 1. The van der Waals surface area contributed by atoms with Crippen molar-refractivity contribution < 1.29 is 4.79 Å². The molecule has 0 atom stereocenters. The van der Waals surface area contributed by atoms with Gasteiger partial charge in [-0.2, -0.15) is 0 Å². The molecule has 2 N–H and O–H groups in total. The molecule has 0 aliphatic carbocycles. The summed E-state index contributed by atoms with van der Waals surface area (Å²) in [6.45, 7) is 2.38. The Hall–Kier alpha value is -2.13. The van der Waals surface area contributed by atoms with Crippen LogP contribution in [0.5, 0.6) is 0 Å². The number of nitrogens with one attached hydrogen (secondary N) is 2. The minimum Gasteiger partial charge on any atom is -0.356 e. The van der Waals surface area contributed by atoms with Crippen LogP contribution < -0.4 is 10.6 Å². The number of rotatable bonds is 8. The third kappa shape index (κ3) is 8.71. The van der Waals surface area contributed by atoms with Gasteiger partial charge in [0.1, 0.15) is 0 Å². The van der Waals surface area contributed by atoms with Crippen LogP contribution >= 0.6 is 24.0 Å². The van der Waals surface area contributed by atoms with Crippen LogP contribution in [0.25, 0.3) is 0 Å². The summed E-state index contributed by atoms with van der Waals surface area (Å²) >= 11 is 0. The van der Waals surface area contributed by atoms with Crippen LogP contribution in [-0.4, -0.2) is 63.4 Å². The average Bonchev–Trinajstić information content (AvgIpc) is 2.70. The topological polar surface area (TPSA) is 60.0 Å². The number of nitrogens with zero attached hydrogens (tertiary/aromatic N) is 3. The van der Waals surface area contributed by atoms with Gasteiger partial charge in [0.05, 0.1) is 0 Å². The molecule has 2 aromatic rings. The van der Waals surface area contributed by atoms with Gasteiger partial charge in [0.25, 0.3) is 5.91 Å². The lowest BCUT2D eigenvalue weighted by Gasteiger charge is -2.14. The van der Waals surface area contributed by atoms with Crippen molar-refractivity contribution >= 4 is 35.8 Å². The van der Waals surface area contributed by atoms with Gasteiger partial charge in [-0.25, -0.2) is 0 Å². The predicted molar refractivity (Wildman–Crippen MR) is 136 cm³/mol. The average molecular weight is 523 g/mol. The molecule has 0 heterocycles. The zero-order valence-electron chi connectivity index (χ0n) is 18.6. The molecule has 0 aliphatic rings. The Morgan fingerprint density at radius 1 is 0.933 bits per heavy atom. The summed E-state index contributed by atoms with van der Waals surface area (Å²) in [6.07, 6.45) is 0.813. The van der Waals surface area contributed by atoms with Crippen molar-refractivity contribution in [3.8, 4) is 0 Å². The van der Waals surface area contributed by atoms with Crippen LogP contribution in [0.3, 0.4) is 0 Å². The van der Waals surface area contributed by atoms with Crippen molar-refractivity contribution in [1.82, 2.24) is 20.4 Å². The summed E-state index contributed by atoms with van der Waals surface area (Å²) in [6, 6.07) is 16.3. The summed E-state index contributed by atoms with van der Waals surface area (Å²) < 4.78 is 0. The fourth-order valence-corrected chi connectivity index (χ4v) is 3.05. The van der Waals surface area contributed by atoms with Gasteiger partial charge in [-0.3, -0.25) is 9.79 Å². The van der Waals surface area contributed by atoms with Crippen LogP contribution in [0.2, 0.25) is 0 Å². The number of aliphatic imine (C=N–C) groups is 1. The Labute approximate surface area is 197 Å². The number of hydrogen-bond donors (Lipinski definition) is 2. The van der Waals surface area contributed by atoms with Gasteiger partial charge < -0.3 is 20.4 Å². The highest BCUT2D eigenvalue weighted by Gasteiger charge is 2.08. The summed E-state index contributed by atoms with van der Waals surface area (Å²) in [5.74, 6) is 0.789. The molecule has 0 unspecified atom stereocenters. The smallest absolute Gasteiger partial charge is 0.253 e. The maximum Gasteiger partial charge on any atom is 0.253 e. The molecule has 0 radical (unpaired) electrons. The standard InChI is InChI=1S/C23H33N5O.HI/c1-24-23(26-16-19-9-6-10-20(14-19)17-27(2)3)25-13-12-18-8-7-11-21(15-18)22(29)28(4)5;/h6-11,14-15H,12-13,16-17H2,1-5H3,(H2,24,25,26);1H. The molecule has 6 nitrogen and oxygen atoms in total. The van der Waals surface area contributed by atoms with Crippen LogP contribution in [0.4, 0.5) is 0 Å². The van der Waals surface area contributed by atoms with Crippen LogP contribution in [0.1, 0.15) is 27.0 Å². The van der Waals surface area contributed by atoms with E-state index in [2.05, 4.69) is 58.9 Å². The Morgan fingerprint density at radius 3 is 2.27 bits per heavy atom. The van der Waals surface area contributed by atoms with E-state index in [1.54, 1.807) is 26.0 Å². The molecule has 0 saturated heterocycles. The maximum atomic E-state index is 12.1. The summed E-state index contributed by atoms with van der Waals surface area (Å²) in [5.41, 5.74) is 4.36. The molecule has 0 spiro atoms. The van der Waals surface area contributed by atoms with Crippen molar-refractivity contribution in [1.29, 1.82) is 0 Å². The zero-order chi connectivity index (χ0) is 21.2. The van der Waals surface area contributed by atoms with E-state index in [4.69, 9.17) is 0 Å². The molecule has 0 aromatic heterocycles. The second-order valence-corrected chi connectivity index (χ2v) is 7.56. The van der Waals surface area contributed by atoms with Crippen molar-refractivity contribution in [2.24, 2.45) is 4.99 Å². The van der Waals surface area contributed by atoms with Crippen molar-refractivity contribution in [2.45, 2.75) is 19.5 Å². The van der Waals surface area contributed by atoms with E-state index < -0.39 is 0 Å². The zero-order valence-corrected chi connectivity index (χ0v) is 20.9. The molecule has 164 valence electrons. The Kier molecular flexibility index (Phi) is 11.4. The first-order valence-electron chi connectivity index (χ1n) is 9.86. The fourth-order valence-electron chi connectivity index (χ4n) is 3.05. The largest absolute Gasteiger partial charge is 0.356 e. The Morgan fingerprint density at radius 2 is 1.60 bits per heavy atom. The number of benzene rings is 2. The molecular formula is C23H34IN5O. The van der Waals surface area contributed by atoms with E-state index in [0.717, 1.165) is 31.0 Å². The Balaban J connectivity index is 0.00000450. The van der Waals surface area contributed by atoms with Gasteiger partial charge >= 0.3 is 0 Å². The SMILES string of the molecule is CN=C(NCCc1cccc(C(=O)N(C)C)c1)NCc1cccc(CN(C)C)c1.I. The molecule has 7 heteroatoms. The lowest BCUT2D eigenvalue weighted by molar-refractivity contribution is 0.0827. The third-order valence-electron chi connectivity index (χ3n) is 4.46. The van der Waals surface area contributed by atoms with E-state index in [1.807, 2.05) is 24.3 Å². The lowest BCUT2D eigenvalue weighted by Crippen LogP contribution is -2.37. The molecule has 30 heavy (non-hydrogen) atoms. The van der Waals surface area contributed by atoms with Crippen LogP contribution in [-0.2, 0) is 19.5 Å². The van der Waals surface area contributed by atoms with Crippen LogP contribution in [0, 0.1) is 0 Å². The van der Waals surface area contributed by atoms with E-state index >= 15 is 0 Å². The first-order valence-corrected chi connectivity index (χ1v) is 9.86. The lowest BCUT2D eigenvalue weighted by atomic mass is 10.1. The number of amides is 1. The van der Waals surface area contributed by atoms with E-state index in [9.17, 15) is 4.79 Å². The number of carbonyl (C=O) groups excluding carboxylic acids is 1. The minimum atomic E-state index is 0. The monoisotopic (exact) mass is 523 g/mol. The van der Waals surface area contributed by atoms with E-state index in [1.165, 1.54) is 11.1 Å². The Bertz CT molecular complexity index is 836. The summed E-state index contributed by atoms with van der Waals surface area (Å²) in [7, 11) is 9.45. The molecular weight excluding hydrogens is 489 g/mol. The second kappa shape index (κ2) is 13.2. The molecule has 2 aromatic carbocycles. The molecule has 0 saturated carbocycles. The summed E-state index contributed by atoms with van der Waals surface area (Å²) in [4.78, 5) is 20.2. The second-order valence-electron chi connectivity index (χ2n) is 7.56. The summed E-state index contributed by atoms with van der Waals surface area (Å²) in [5, 5.41) is 6.70. The van der Waals surface area contributed by atoms with E-state index in [-0.39, 0.29) is 29.9 Å². The van der Waals surface area contributed by atoms with Gasteiger partial charge in [0, 0.05) is 46.3 Å². The maximum absolute atomic E-state index is 12.1. The predicted octanol–water partition coefficient (Wildman–Crippen LogP) is 2.98. The fraction of sp³-hybridized carbons (Fsp3) is 0.391. The van der Waals surface area contributed by atoms with Gasteiger partial charge in [0.15, 0.2) is 5.96 Å². The number of halogens is 1. The number of carbonyl (C=O) groups is 1. The highest BCUT2D eigenvalue weighted by Crippen LogP contribution is 2.08. The first-order chi connectivity index (χ1) is 13.9. The van der Waals surface area contributed by atoms with Crippen LogP contribution in [0.15, 0.2) is 53.5 Å². The van der Waals surface area contributed by atoms with Gasteiger partial charge in [-0.15, -0.1) is 24.0 Å². The molecule has 2 rings (SSSR count). The first kappa shape index (κ1) is 25.9.